The molecule has 1 heterocycles. The molecule has 0 bridgehead atoms. The third kappa shape index (κ3) is 4.21. The molecule has 2 rings (SSSR count). The lowest BCUT2D eigenvalue weighted by atomic mass is 10.1. The first-order chi connectivity index (χ1) is 9.16. The Kier molecular flexibility index (Phi) is 5.22. The number of hydrogen-bond acceptors (Lipinski definition) is 3. The van der Waals surface area contributed by atoms with Gasteiger partial charge in [0.2, 0.25) is 5.91 Å². The highest BCUT2D eigenvalue weighted by Crippen LogP contribution is 2.25. The zero-order valence-electron chi connectivity index (χ0n) is 11.0. The topological polar surface area (TPSA) is 50.4 Å². The molecule has 1 amide bonds. The fourth-order valence-corrected chi connectivity index (χ4v) is 2.48. The van der Waals surface area contributed by atoms with Gasteiger partial charge in [-0.25, -0.2) is 0 Å². The number of amides is 1. The standard InChI is InChI=1S/C14H19BrN2O2/c1-10-3-2-4-12(14(10)15)16-9-13(18)17-11-5-7-19-8-6-11/h2-4,11,16H,5-9H2,1H3,(H,17,18). The average Bonchev–Trinajstić information content (AvgIpc) is 2.42. The van der Waals surface area contributed by atoms with Crippen molar-refractivity contribution in [3.8, 4) is 0 Å². The lowest BCUT2D eigenvalue weighted by Crippen LogP contribution is -2.41. The van der Waals surface area contributed by atoms with E-state index in [4.69, 9.17) is 4.74 Å². The number of nitrogens with one attached hydrogen (secondary N) is 2. The van der Waals surface area contributed by atoms with Gasteiger partial charge in [-0.15, -0.1) is 0 Å². The van der Waals surface area contributed by atoms with Crippen LogP contribution in [0.3, 0.4) is 0 Å². The van der Waals surface area contributed by atoms with Crippen molar-refractivity contribution in [2.45, 2.75) is 25.8 Å². The molecule has 19 heavy (non-hydrogen) atoms. The van der Waals surface area contributed by atoms with Crippen LogP contribution in [0.25, 0.3) is 0 Å². The van der Waals surface area contributed by atoms with Crippen molar-refractivity contribution >= 4 is 27.5 Å². The van der Waals surface area contributed by atoms with Crippen molar-refractivity contribution in [3.63, 3.8) is 0 Å². The molecule has 1 saturated heterocycles. The van der Waals surface area contributed by atoms with Crippen molar-refractivity contribution in [1.29, 1.82) is 0 Å². The molecular weight excluding hydrogens is 308 g/mol. The lowest BCUT2D eigenvalue weighted by Gasteiger charge is -2.23. The van der Waals surface area contributed by atoms with E-state index in [1.807, 2.05) is 25.1 Å². The highest BCUT2D eigenvalue weighted by Gasteiger charge is 2.15. The first-order valence-corrected chi connectivity index (χ1v) is 7.32. The summed E-state index contributed by atoms with van der Waals surface area (Å²) in [5, 5.41) is 6.18. The number of anilines is 1. The third-order valence-electron chi connectivity index (χ3n) is 3.22. The van der Waals surface area contributed by atoms with Crippen LogP contribution in [0, 0.1) is 6.92 Å². The van der Waals surface area contributed by atoms with Gasteiger partial charge in [0.05, 0.1) is 6.54 Å². The number of aryl methyl sites for hydroxylation is 1. The van der Waals surface area contributed by atoms with Crippen molar-refractivity contribution in [1.82, 2.24) is 5.32 Å². The number of benzene rings is 1. The number of ether oxygens (including phenoxy) is 1. The van der Waals surface area contributed by atoms with E-state index in [-0.39, 0.29) is 11.9 Å². The van der Waals surface area contributed by atoms with Crippen molar-refractivity contribution < 1.29 is 9.53 Å². The van der Waals surface area contributed by atoms with Gasteiger partial charge in [-0.1, -0.05) is 12.1 Å². The van der Waals surface area contributed by atoms with Crippen LogP contribution in [0.5, 0.6) is 0 Å². The second kappa shape index (κ2) is 6.91. The summed E-state index contributed by atoms with van der Waals surface area (Å²) in [6, 6.07) is 6.21. The number of hydrogen-bond donors (Lipinski definition) is 2. The minimum Gasteiger partial charge on any atom is -0.381 e. The zero-order valence-corrected chi connectivity index (χ0v) is 12.6. The Morgan fingerprint density at radius 3 is 2.89 bits per heavy atom. The Morgan fingerprint density at radius 2 is 2.16 bits per heavy atom. The van der Waals surface area contributed by atoms with Gasteiger partial charge in [0.15, 0.2) is 0 Å². The average molecular weight is 327 g/mol. The maximum atomic E-state index is 11.9. The van der Waals surface area contributed by atoms with Crippen LogP contribution in [0.4, 0.5) is 5.69 Å². The SMILES string of the molecule is Cc1cccc(NCC(=O)NC2CCOCC2)c1Br. The van der Waals surface area contributed by atoms with E-state index >= 15 is 0 Å². The van der Waals surface area contributed by atoms with Crippen molar-refractivity contribution in [2.75, 3.05) is 25.1 Å². The molecular formula is C14H19BrN2O2. The minimum atomic E-state index is 0.0281. The molecule has 0 unspecified atom stereocenters. The van der Waals surface area contributed by atoms with E-state index in [2.05, 4.69) is 26.6 Å². The predicted molar refractivity (Wildman–Crippen MR) is 79.4 cm³/mol. The van der Waals surface area contributed by atoms with Gasteiger partial charge < -0.3 is 15.4 Å². The van der Waals surface area contributed by atoms with E-state index in [1.165, 1.54) is 0 Å². The molecule has 1 aliphatic rings. The molecule has 2 N–H and O–H groups in total. The molecule has 5 heteroatoms. The van der Waals surface area contributed by atoms with E-state index < -0.39 is 0 Å². The molecule has 1 aromatic carbocycles. The zero-order chi connectivity index (χ0) is 13.7. The van der Waals surface area contributed by atoms with Gasteiger partial charge >= 0.3 is 0 Å². The largest absolute Gasteiger partial charge is 0.381 e. The van der Waals surface area contributed by atoms with Gasteiger partial charge in [-0.05, 0) is 47.3 Å². The van der Waals surface area contributed by atoms with Gasteiger partial charge in [-0.3, -0.25) is 4.79 Å². The fraction of sp³-hybridized carbons (Fsp3) is 0.500. The van der Waals surface area contributed by atoms with Crippen LogP contribution in [0.1, 0.15) is 18.4 Å². The molecule has 1 aromatic rings. The van der Waals surface area contributed by atoms with Gasteiger partial charge in [0.1, 0.15) is 0 Å². The first kappa shape index (κ1) is 14.3. The summed E-state index contributed by atoms with van der Waals surface area (Å²) in [4.78, 5) is 11.9. The molecule has 0 atom stereocenters. The summed E-state index contributed by atoms with van der Waals surface area (Å²) in [6.45, 7) is 3.79. The molecule has 0 aliphatic carbocycles. The summed E-state index contributed by atoms with van der Waals surface area (Å²) in [7, 11) is 0. The maximum Gasteiger partial charge on any atom is 0.239 e. The summed E-state index contributed by atoms with van der Waals surface area (Å²) >= 11 is 3.52. The maximum absolute atomic E-state index is 11.9. The molecule has 1 fully saturated rings. The summed E-state index contributed by atoms with van der Waals surface area (Å²) in [5.74, 6) is 0.0281. The van der Waals surface area contributed by atoms with Crippen LogP contribution in [-0.2, 0) is 9.53 Å². The molecule has 4 nitrogen and oxygen atoms in total. The molecule has 104 valence electrons. The first-order valence-electron chi connectivity index (χ1n) is 6.53. The van der Waals surface area contributed by atoms with Crippen LogP contribution >= 0.6 is 15.9 Å². The summed E-state index contributed by atoms with van der Waals surface area (Å²) < 4.78 is 6.27. The fourth-order valence-electron chi connectivity index (χ4n) is 2.08. The van der Waals surface area contributed by atoms with E-state index in [0.717, 1.165) is 41.8 Å². The minimum absolute atomic E-state index is 0.0281. The van der Waals surface area contributed by atoms with Gasteiger partial charge in [-0.2, -0.15) is 0 Å². The highest BCUT2D eigenvalue weighted by molar-refractivity contribution is 9.10. The predicted octanol–water partition coefficient (Wildman–Crippen LogP) is 2.46. The summed E-state index contributed by atoms with van der Waals surface area (Å²) in [5.41, 5.74) is 2.09. The van der Waals surface area contributed by atoms with Gasteiger partial charge in [0.25, 0.3) is 0 Å². The van der Waals surface area contributed by atoms with Gasteiger partial charge in [0, 0.05) is 29.4 Å². The molecule has 0 aromatic heterocycles. The summed E-state index contributed by atoms with van der Waals surface area (Å²) in [6.07, 6.45) is 1.81. The van der Waals surface area contributed by atoms with Crippen molar-refractivity contribution in [3.05, 3.63) is 28.2 Å². The normalized spacial score (nSPS) is 16.1. The number of halogens is 1. The van der Waals surface area contributed by atoms with E-state index in [0.29, 0.717) is 6.54 Å². The monoisotopic (exact) mass is 326 g/mol. The molecule has 0 radical (unpaired) electrons. The Labute approximate surface area is 122 Å². The quantitative estimate of drug-likeness (QED) is 0.893. The van der Waals surface area contributed by atoms with Crippen molar-refractivity contribution in [2.24, 2.45) is 0 Å². The highest BCUT2D eigenvalue weighted by atomic mass is 79.9. The Morgan fingerprint density at radius 1 is 1.42 bits per heavy atom. The van der Waals surface area contributed by atoms with Crippen LogP contribution in [0.15, 0.2) is 22.7 Å². The molecule has 1 aliphatic heterocycles. The number of rotatable bonds is 4. The Hall–Kier alpha value is -1.07. The van der Waals surface area contributed by atoms with E-state index in [1.54, 1.807) is 0 Å². The number of carbonyl (C=O) groups excluding carboxylic acids is 1. The molecule has 0 spiro atoms. The van der Waals surface area contributed by atoms with E-state index in [9.17, 15) is 4.79 Å². The third-order valence-corrected chi connectivity index (χ3v) is 4.27. The van der Waals surface area contributed by atoms with Crippen LogP contribution in [-0.4, -0.2) is 31.7 Å². The Balaban J connectivity index is 1.81. The molecule has 0 saturated carbocycles. The lowest BCUT2D eigenvalue weighted by molar-refractivity contribution is -0.120. The second-order valence-corrected chi connectivity index (χ2v) is 5.54. The number of carbonyl (C=O) groups is 1. The second-order valence-electron chi connectivity index (χ2n) is 4.74. The van der Waals surface area contributed by atoms with Crippen LogP contribution in [0.2, 0.25) is 0 Å². The Bertz CT molecular complexity index is 445. The van der Waals surface area contributed by atoms with Crippen LogP contribution < -0.4 is 10.6 Å². The smallest absolute Gasteiger partial charge is 0.239 e.